The van der Waals surface area contributed by atoms with Crippen LogP contribution in [-0.2, 0) is 11.2 Å². The van der Waals surface area contributed by atoms with Crippen LogP contribution in [0.3, 0.4) is 0 Å². The summed E-state index contributed by atoms with van der Waals surface area (Å²) in [6.07, 6.45) is 2.20. The van der Waals surface area contributed by atoms with Crippen LogP contribution in [0.15, 0.2) is 18.2 Å². The van der Waals surface area contributed by atoms with Gasteiger partial charge in [0.2, 0.25) is 5.91 Å². The molecule has 0 aliphatic carbocycles. The van der Waals surface area contributed by atoms with Crippen molar-refractivity contribution in [2.45, 2.75) is 39.2 Å². The van der Waals surface area contributed by atoms with E-state index in [1.54, 1.807) is 25.3 Å². The van der Waals surface area contributed by atoms with Gasteiger partial charge in [-0.15, -0.1) is 0 Å². The van der Waals surface area contributed by atoms with Crippen LogP contribution in [0.1, 0.15) is 42.6 Å². The maximum Gasteiger partial charge on any atom is 0.227 e. The van der Waals surface area contributed by atoms with Gasteiger partial charge in [0.25, 0.3) is 0 Å². The lowest BCUT2D eigenvalue weighted by Gasteiger charge is -2.28. The number of rotatable bonds is 7. The minimum atomic E-state index is -0.00763. The molecule has 5 heteroatoms. The van der Waals surface area contributed by atoms with Crippen LogP contribution in [0.5, 0.6) is 5.75 Å². The average molecular weight is 318 g/mol. The number of hydrogen-bond donors (Lipinski definition) is 1. The van der Waals surface area contributed by atoms with Crippen molar-refractivity contribution in [1.29, 1.82) is 0 Å². The fraction of sp³-hybridized carbons (Fsp3) is 0.556. The topological polar surface area (TPSA) is 58.6 Å². The number of carbonyl (C=O) groups is 2. The summed E-state index contributed by atoms with van der Waals surface area (Å²) in [5, 5.41) is 3.31. The molecule has 1 atom stereocenters. The molecule has 0 radical (unpaired) electrons. The van der Waals surface area contributed by atoms with Crippen LogP contribution in [0.2, 0.25) is 0 Å². The van der Waals surface area contributed by atoms with E-state index in [1.165, 1.54) is 6.92 Å². The molecule has 1 amide bonds. The molecule has 23 heavy (non-hydrogen) atoms. The van der Waals surface area contributed by atoms with Gasteiger partial charge in [0, 0.05) is 30.3 Å². The van der Waals surface area contributed by atoms with Gasteiger partial charge in [0.1, 0.15) is 5.75 Å². The number of benzene rings is 1. The molecule has 0 aromatic heterocycles. The predicted molar refractivity (Wildman–Crippen MR) is 90.0 cm³/mol. The Labute approximate surface area is 138 Å². The van der Waals surface area contributed by atoms with E-state index < -0.39 is 0 Å². The zero-order valence-corrected chi connectivity index (χ0v) is 14.2. The number of amides is 1. The molecule has 126 valence electrons. The lowest BCUT2D eigenvalue weighted by Crippen LogP contribution is -2.42. The van der Waals surface area contributed by atoms with Crippen molar-refractivity contribution in [2.24, 2.45) is 0 Å². The van der Waals surface area contributed by atoms with Gasteiger partial charge in [-0.25, -0.2) is 0 Å². The van der Waals surface area contributed by atoms with Crippen molar-refractivity contribution in [3.05, 3.63) is 29.3 Å². The van der Waals surface area contributed by atoms with Gasteiger partial charge in [-0.3, -0.25) is 9.59 Å². The number of nitrogens with one attached hydrogen (secondary N) is 1. The molecule has 1 aromatic rings. The van der Waals surface area contributed by atoms with Crippen molar-refractivity contribution in [1.82, 2.24) is 10.2 Å². The third-order valence-corrected chi connectivity index (χ3v) is 4.29. The molecule has 0 saturated carbocycles. The number of ether oxygens (including phenoxy) is 1. The third-order valence-electron chi connectivity index (χ3n) is 4.29. The second-order valence-corrected chi connectivity index (χ2v) is 5.99. The Balaban J connectivity index is 2.19. The summed E-state index contributed by atoms with van der Waals surface area (Å²) in [7, 11) is 1.58. The van der Waals surface area contributed by atoms with Crippen molar-refractivity contribution in [3.63, 3.8) is 0 Å². The van der Waals surface area contributed by atoms with Gasteiger partial charge >= 0.3 is 0 Å². The Morgan fingerprint density at radius 3 is 2.74 bits per heavy atom. The normalized spacial score (nSPS) is 17.1. The van der Waals surface area contributed by atoms with E-state index >= 15 is 0 Å². The maximum absolute atomic E-state index is 12.8. The molecule has 1 aliphatic rings. The second-order valence-electron chi connectivity index (χ2n) is 5.99. The summed E-state index contributed by atoms with van der Waals surface area (Å²) in [6, 6.07) is 5.54. The first kappa shape index (κ1) is 17.5. The summed E-state index contributed by atoms with van der Waals surface area (Å²) in [6.45, 7) is 6.19. The first-order valence-electron chi connectivity index (χ1n) is 8.24. The fourth-order valence-corrected chi connectivity index (χ4v) is 3.06. The molecule has 1 aromatic carbocycles. The van der Waals surface area contributed by atoms with E-state index in [9.17, 15) is 9.59 Å². The number of methoxy groups -OCH3 is 1. The van der Waals surface area contributed by atoms with Crippen LogP contribution < -0.4 is 10.1 Å². The molecule has 1 aliphatic heterocycles. The van der Waals surface area contributed by atoms with E-state index in [2.05, 4.69) is 12.2 Å². The molecule has 1 N–H and O–H groups in total. The highest BCUT2D eigenvalue weighted by Gasteiger charge is 2.26. The molecular formula is C18H26N2O3. The van der Waals surface area contributed by atoms with E-state index in [1.807, 2.05) is 4.90 Å². The lowest BCUT2D eigenvalue weighted by molar-refractivity contribution is -0.132. The second kappa shape index (κ2) is 8.11. The Morgan fingerprint density at radius 2 is 2.17 bits per heavy atom. The quantitative estimate of drug-likeness (QED) is 0.782. The van der Waals surface area contributed by atoms with Crippen LogP contribution in [0.25, 0.3) is 0 Å². The van der Waals surface area contributed by atoms with Crippen LogP contribution in [0, 0.1) is 0 Å². The first-order chi connectivity index (χ1) is 11.1. The highest BCUT2D eigenvalue weighted by Crippen LogP contribution is 2.22. The summed E-state index contributed by atoms with van der Waals surface area (Å²) >= 11 is 0. The van der Waals surface area contributed by atoms with Crippen molar-refractivity contribution in [2.75, 3.05) is 26.7 Å². The Hall–Kier alpha value is -1.88. The molecule has 1 saturated heterocycles. The fourth-order valence-electron chi connectivity index (χ4n) is 3.06. The molecule has 1 fully saturated rings. The number of nitrogens with zero attached hydrogens (tertiary/aromatic N) is 1. The maximum atomic E-state index is 12.8. The zero-order chi connectivity index (χ0) is 16.8. The van der Waals surface area contributed by atoms with E-state index in [0.29, 0.717) is 11.3 Å². The van der Waals surface area contributed by atoms with Crippen molar-refractivity contribution >= 4 is 11.7 Å². The minimum Gasteiger partial charge on any atom is -0.496 e. The lowest BCUT2D eigenvalue weighted by atomic mass is 10.0. The van der Waals surface area contributed by atoms with E-state index in [0.717, 1.165) is 38.0 Å². The third kappa shape index (κ3) is 4.32. The largest absolute Gasteiger partial charge is 0.496 e. The van der Waals surface area contributed by atoms with E-state index in [4.69, 9.17) is 4.74 Å². The van der Waals surface area contributed by atoms with Gasteiger partial charge in [-0.1, -0.05) is 6.92 Å². The average Bonchev–Trinajstić information content (AvgIpc) is 3.06. The molecule has 1 unspecified atom stereocenters. The van der Waals surface area contributed by atoms with Crippen LogP contribution in [-0.4, -0.2) is 49.4 Å². The van der Waals surface area contributed by atoms with Crippen LogP contribution >= 0.6 is 0 Å². The van der Waals surface area contributed by atoms with Gasteiger partial charge < -0.3 is 15.0 Å². The summed E-state index contributed by atoms with van der Waals surface area (Å²) < 4.78 is 5.35. The standard InChI is InChI=1S/C18H26N2O3/c1-4-9-20(16-7-8-19-12-16)18(22)11-15-10-14(13(2)21)5-6-17(15)23-3/h5-6,10,16,19H,4,7-9,11-12H2,1-3H3. The molecule has 0 bridgehead atoms. The molecule has 5 nitrogen and oxygen atoms in total. The van der Waals surface area contributed by atoms with E-state index in [-0.39, 0.29) is 24.2 Å². The highest BCUT2D eigenvalue weighted by molar-refractivity contribution is 5.94. The number of Topliss-reactive ketones (excluding diaryl/α,β-unsaturated/α-hetero) is 1. The Kier molecular flexibility index (Phi) is 6.16. The number of hydrogen-bond acceptors (Lipinski definition) is 4. The Morgan fingerprint density at radius 1 is 1.39 bits per heavy atom. The van der Waals surface area contributed by atoms with Gasteiger partial charge in [-0.05, 0) is 44.5 Å². The van der Waals surface area contributed by atoms with Gasteiger partial charge in [-0.2, -0.15) is 0 Å². The minimum absolute atomic E-state index is 0.00763. The first-order valence-corrected chi connectivity index (χ1v) is 8.24. The number of ketones is 1. The summed E-state index contributed by atoms with van der Waals surface area (Å²) in [5.74, 6) is 0.746. The Bertz CT molecular complexity index is 565. The SMILES string of the molecule is CCCN(C(=O)Cc1cc(C(C)=O)ccc1OC)C1CCNC1. The molecule has 0 spiro atoms. The van der Waals surface area contributed by atoms with Crippen molar-refractivity contribution in [3.8, 4) is 5.75 Å². The predicted octanol–water partition coefficient (Wildman–Crippen LogP) is 2.04. The number of carbonyl (C=O) groups excluding carboxylic acids is 2. The summed E-state index contributed by atoms with van der Waals surface area (Å²) in [5.41, 5.74) is 1.38. The monoisotopic (exact) mass is 318 g/mol. The van der Waals surface area contributed by atoms with Gasteiger partial charge in [0.15, 0.2) is 5.78 Å². The van der Waals surface area contributed by atoms with Crippen LogP contribution in [0.4, 0.5) is 0 Å². The molecule has 2 rings (SSSR count). The molecular weight excluding hydrogens is 292 g/mol. The summed E-state index contributed by atoms with van der Waals surface area (Å²) in [4.78, 5) is 26.4. The van der Waals surface area contributed by atoms with Crippen molar-refractivity contribution < 1.29 is 14.3 Å². The zero-order valence-electron chi connectivity index (χ0n) is 14.2. The highest BCUT2D eigenvalue weighted by atomic mass is 16.5. The molecule has 1 heterocycles. The smallest absolute Gasteiger partial charge is 0.227 e. The van der Waals surface area contributed by atoms with Gasteiger partial charge in [0.05, 0.1) is 13.5 Å².